The number of benzene rings is 1. The van der Waals surface area contributed by atoms with Crippen molar-refractivity contribution in [1.82, 2.24) is 0 Å². The van der Waals surface area contributed by atoms with Gasteiger partial charge in [-0.25, -0.2) is 0 Å². The zero-order chi connectivity index (χ0) is 11.8. The third-order valence-corrected chi connectivity index (χ3v) is 3.26. The summed E-state index contributed by atoms with van der Waals surface area (Å²) in [5.41, 5.74) is 2.48. The first-order valence-corrected chi connectivity index (χ1v) is 6.57. The molecule has 16 heavy (non-hydrogen) atoms. The van der Waals surface area contributed by atoms with Crippen molar-refractivity contribution in [2.24, 2.45) is 0 Å². The van der Waals surface area contributed by atoms with Gasteiger partial charge in [0.15, 0.2) is 0 Å². The average molecular weight is 242 g/mol. The van der Waals surface area contributed by atoms with Crippen LogP contribution in [-0.2, 0) is 26.6 Å². The Kier molecular flexibility index (Phi) is 6.58. The Hall–Kier alpha value is -0.470. The van der Waals surface area contributed by atoms with E-state index in [1.807, 2.05) is 6.92 Å². The Morgan fingerprint density at radius 2 is 1.62 bits per heavy atom. The van der Waals surface area contributed by atoms with Crippen LogP contribution in [-0.4, -0.2) is 13.7 Å². The minimum absolute atomic E-state index is 0.531. The van der Waals surface area contributed by atoms with E-state index in [0.29, 0.717) is 13.2 Å². The van der Waals surface area contributed by atoms with Crippen LogP contribution in [0.25, 0.3) is 0 Å². The van der Waals surface area contributed by atoms with Crippen LogP contribution in [0.4, 0.5) is 0 Å². The van der Waals surface area contributed by atoms with Crippen molar-refractivity contribution in [2.75, 3.05) is 13.7 Å². The summed E-state index contributed by atoms with van der Waals surface area (Å²) in [5, 5.41) is 0. The second kappa shape index (κ2) is 7.75. The Morgan fingerprint density at radius 3 is 2.12 bits per heavy atom. The first-order chi connectivity index (χ1) is 7.80. The molecule has 0 bridgehead atoms. The molecule has 90 valence electrons. The van der Waals surface area contributed by atoms with Gasteiger partial charge in [-0.3, -0.25) is 0 Å². The minimum atomic E-state index is -1.19. The van der Waals surface area contributed by atoms with Crippen LogP contribution in [0.2, 0.25) is 0 Å². The molecule has 1 aromatic carbocycles. The van der Waals surface area contributed by atoms with Crippen LogP contribution in [0.5, 0.6) is 0 Å². The van der Waals surface area contributed by atoms with E-state index in [-0.39, 0.29) is 0 Å². The molecule has 0 heterocycles. The van der Waals surface area contributed by atoms with Crippen LogP contribution >= 0.6 is 8.60 Å². The van der Waals surface area contributed by atoms with Gasteiger partial charge in [0.05, 0.1) is 13.2 Å². The molecule has 0 aliphatic heterocycles. The van der Waals surface area contributed by atoms with Gasteiger partial charge in [-0.1, -0.05) is 31.2 Å². The van der Waals surface area contributed by atoms with E-state index >= 15 is 0 Å². The molecule has 0 radical (unpaired) electrons. The minimum Gasteiger partial charge on any atom is -0.316 e. The predicted molar refractivity (Wildman–Crippen MR) is 66.2 cm³/mol. The highest BCUT2D eigenvalue weighted by Crippen LogP contribution is 2.39. The molecule has 0 spiro atoms. The molecule has 0 aliphatic carbocycles. The van der Waals surface area contributed by atoms with E-state index < -0.39 is 8.60 Å². The third kappa shape index (κ3) is 4.58. The molecule has 0 saturated carbocycles. The SMILES string of the molecule is CCOP(OC)OCc1ccc(CC)cc1. The summed E-state index contributed by atoms with van der Waals surface area (Å²) in [4.78, 5) is 0. The van der Waals surface area contributed by atoms with E-state index in [1.54, 1.807) is 7.11 Å². The maximum atomic E-state index is 5.51. The molecule has 4 heteroatoms. The molecule has 0 fully saturated rings. The van der Waals surface area contributed by atoms with E-state index in [0.717, 1.165) is 12.0 Å². The highest BCUT2D eigenvalue weighted by atomic mass is 31.2. The summed E-state index contributed by atoms with van der Waals surface area (Å²) in [6.45, 7) is 5.20. The smallest absolute Gasteiger partial charge is 0.316 e. The molecule has 1 rings (SSSR count). The first kappa shape index (κ1) is 13.6. The van der Waals surface area contributed by atoms with Crippen LogP contribution in [0, 0.1) is 0 Å². The van der Waals surface area contributed by atoms with Gasteiger partial charge in [0.2, 0.25) is 0 Å². The molecule has 0 aromatic heterocycles. The fraction of sp³-hybridized carbons (Fsp3) is 0.500. The predicted octanol–water partition coefficient (Wildman–Crippen LogP) is 3.68. The Balaban J connectivity index is 2.40. The van der Waals surface area contributed by atoms with Gasteiger partial charge in [0.25, 0.3) is 0 Å². The van der Waals surface area contributed by atoms with E-state index in [4.69, 9.17) is 13.6 Å². The van der Waals surface area contributed by atoms with Crippen molar-refractivity contribution < 1.29 is 13.6 Å². The van der Waals surface area contributed by atoms with Crippen molar-refractivity contribution >= 4 is 8.60 Å². The van der Waals surface area contributed by atoms with Gasteiger partial charge in [0, 0.05) is 7.11 Å². The van der Waals surface area contributed by atoms with Crippen LogP contribution in [0.1, 0.15) is 25.0 Å². The molecule has 3 nitrogen and oxygen atoms in total. The zero-order valence-electron chi connectivity index (χ0n) is 10.1. The van der Waals surface area contributed by atoms with Gasteiger partial charge in [-0.2, -0.15) is 0 Å². The molecule has 0 N–H and O–H groups in total. The molecule has 1 atom stereocenters. The second-order valence-electron chi connectivity index (χ2n) is 3.27. The number of hydrogen-bond donors (Lipinski definition) is 0. The average Bonchev–Trinajstić information content (AvgIpc) is 2.35. The lowest BCUT2D eigenvalue weighted by atomic mass is 10.1. The first-order valence-electron chi connectivity index (χ1n) is 5.48. The van der Waals surface area contributed by atoms with Gasteiger partial charge in [0.1, 0.15) is 0 Å². The molecule has 0 aliphatic rings. The van der Waals surface area contributed by atoms with E-state index in [9.17, 15) is 0 Å². The molecule has 1 aromatic rings. The maximum absolute atomic E-state index is 5.51. The summed E-state index contributed by atoms with van der Waals surface area (Å²) >= 11 is 0. The van der Waals surface area contributed by atoms with Gasteiger partial charge >= 0.3 is 8.60 Å². The second-order valence-corrected chi connectivity index (χ2v) is 4.60. The lowest BCUT2D eigenvalue weighted by Gasteiger charge is -2.13. The van der Waals surface area contributed by atoms with Gasteiger partial charge in [-0.15, -0.1) is 0 Å². The van der Waals surface area contributed by atoms with Gasteiger partial charge in [-0.05, 0) is 24.5 Å². The van der Waals surface area contributed by atoms with Crippen molar-refractivity contribution in [2.45, 2.75) is 26.9 Å². The summed E-state index contributed by atoms with van der Waals surface area (Å²) in [6, 6.07) is 8.39. The summed E-state index contributed by atoms with van der Waals surface area (Å²) in [7, 11) is 0.405. The highest BCUT2D eigenvalue weighted by Gasteiger charge is 2.08. The fourth-order valence-electron chi connectivity index (χ4n) is 1.25. The van der Waals surface area contributed by atoms with Crippen molar-refractivity contribution in [3.63, 3.8) is 0 Å². The summed E-state index contributed by atoms with van der Waals surface area (Å²) < 4.78 is 15.9. The maximum Gasteiger partial charge on any atom is 0.332 e. The zero-order valence-corrected chi connectivity index (χ0v) is 11.0. The number of rotatable bonds is 7. The fourth-order valence-corrected chi connectivity index (χ4v) is 2.00. The van der Waals surface area contributed by atoms with Gasteiger partial charge < -0.3 is 13.6 Å². The Bertz CT molecular complexity index is 287. The largest absolute Gasteiger partial charge is 0.332 e. The van der Waals surface area contributed by atoms with Crippen molar-refractivity contribution in [3.05, 3.63) is 35.4 Å². The topological polar surface area (TPSA) is 27.7 Å². The van der Waals surface area contributed by atoms with Crippen LogP contribution in [0.3, 0.4) is 0 Å². The normalized spacial score (nSPS) is 12.7. The molecular formula is C12H19O3P. The third-order valence-electron chi connectivity index (χ3n) is 2.15. The highest BCUT2D eigenvalue weighted by molar-refractivity contribution is 7.41. The van der Waals surface area contributed by atoms with Crippen LogP contribution < -0.4 is 0 Å². The molecule has 0 saturated heterocycles. The van der Waals surface area contributed by atoms with Crippen LogP contribution in [0.15, 0.2) is 24.3 Å². The standard InChI is InChI=1S/C12H19O3P/c1-4-11-6-8-12(9-7-11)10-15-16(13-3)14-5-2/h6-9H,4-5,10H2,1-3H3. The van der Waals surface area contributed by atoms with E-state index in [2.05, 4.69) is 31.2 Å². The lowest BCUT2D eigenvalue weighted by molar-refractivity contribution is 0.180. The Labute approximate surface area is 98.7 Å². The molecule has 1 unspecified atom stereocenters. The van der Waals surface area contributed by atoms with Crippen molar-refractivity contribution in [1.29, 1.82) is 0 Å². The quantitative estimate of drug-likeness (QED) is 0.683. The van der Waals surface area contributed by atoms with E-state index in [1.165, 1.54) is 5.56 Å². The number of hydrogen-bond acceptors (Lipinski definition) is 3. The molecule has 0 amide bonds. The Morgan fingerprint density at radius 1 is 1.00 bits per heavy atom. The molecular weight excluding hydrogens is 223 g/mol. The summed E-state index contributed by atoms with van der Waals surface area (Å²) in [5.74, 6) is 0. The summed E-state index contributed by atoms with van der Waals surface area (Å²) in [6.07, 6.45) is 1.06. The lowest BCUT2D eigenvalue weighted by Crippen LogP contribution is -1.94. The monoisotopic (exact) mass is 242 g/mol. The number of aryl methyl sites for hydroxylation is 1. The van der Waals surface area contributed by atoms with Crippen molar-refractivity contribution in [3.8, 4) is 0 Å².